The number of pyridine rings is 1. The van der Waals surface area contributed by atoms with Crippen molar-refractivity contribution in [2.45, 2.75) is 51.6 Å². The fourth-order valence-electron chi connectivity index (χ4n) is 2.36. The summed E-state index contributed by atoms with van der Waals surface area (Å²) in [5.41, 5.74) is 2.40. The molecule has 21 heavy (non-hydrogen) atoms. The fraction of sp³-hybridized carbons (Fsp3) is 0.562. The molecule has 0 spiro atoms. The van der Waals surface area contributed by atoms with E-state index in [9.17, 15) is 0 Å². The Labute approximate surface area is 125 Å². The molecule has 112 valence electrons. The first kappa shape index (κ1) is 14.2. The van der Waals surface area contributed by atoms with Gasteiger partial charge in [-0.15, -0.1) is 10.2 Å². The minimum atomic E-state index is 0.370. The number of likely N-dealkylation sites (N-methyl/N-ethyl adjacent to an activating group) is 1. The standard InChI is InChI=1S/C16H22N4O/c1-11-5-4-8-17-14(11)9-12(2)20(3)10-15-18-19-16(21-15)13-6-7-13/h4-5,8,12-13H,6-7,9-10H2,1-3H3. The molecule has 0 N–H and O–H groups in total. The lowest BCUT2D eigenvalue weighted by atomic mass is 10.1. The fourth-order valence-corrected chi connectivity index (χ4v) is 2.36. The Hall–Kier alpha value is -1.75. The van der Waals surface area contributed by atoms with Gasteiger partial charge in [-0.2, -0.15) is 0 Å². The number of hydrogen-bond donors (Lipinski definition) is 0. The van der Waals surface area contributed by atoms with Gasteiger partial charge < -0.3 is 4.42 Å². The zero-order chi connectivity index (χ0) is 14.8. The van der Waals surface area contributed by atoms with E-state index in [2.05, 4.69) is 47.0 Å². The van der Waals surface area contributed by atoms with E-state index in [4.69, 9.17) is 4.42 Å². The average molecular weight is 286 g/mol. The van der Waals surface area contributed by atoms with E-state index in [-0.39, 0.29) is 0 Å². The van der Waals surface area contributed by atoms with Crippen molar-refractivity contribution in [3.63, 3.8) is 0 Å². The maximum absolute atomic E-state index is 5.72. The molecule has 0 bridgehead atoms. The van der Waals surface area contributed by atoms with Gasteiger partial charge in [0.05, 0.1) is 6.54 Å². The molecule has 0 amide bonds. The third-order valence-corrected chi connectivity index (χ3v) is 4.15. The van der Waals surface area contributed by atoms with Crippen LogP contribution in [-0.4, -0.2) is 33.2 Å². The van der Waals surface area contributed by atoms with Crippen LogP contribution >= 0.6 is 0 Å². The van der Waals surface area contributed by atoms with Crippen LogP contribution in [0.15, 0.2) is 22.7 Å². The smallest absolute Gasteiger partial charge is 0.230 e. The highest BCUT2D eigenvalue weighted by Crippen LogP contribution is 2.39. The predicted molar refractivity (Wildman–Crippen MR) is 79.9 cm³/mol. The van der Waals surface area contributed by atoms with Gasteiger partial charge >= 0.3 is 0 Å². The predicted octanol–water partition coefficient (Wildman–Crippen LogP) is 2.71. The van der Waals surface area contributed by atoms with Crippen LogP contribution in [0.4, 0.5) is 0 Å². The van der Waals surface area contributed by atoms with Crippen LogP contribution in [0.5, 0.6) is 0 Å². The normalized spacial score (nSPS) is 16.4. The SMILES string of the molecule is Cc1cccnc1CC(C)N(C)Cc1nnc(C2CC2)o1. The highest BCUT2D eigenvalue weighted by Gasteiger charge is 2.29. The quantitative estimate of drug-likeness (QED) is 0.817. The van der Waals surface area contributed by atoms with Crippen molar-refractivity contribution in [1.29, 1.82) is 0 Å². The Balaban J connectivity index is 1.58. The molecule has 5 nitrogen and oxygen atoms in total. The highest BCUT2D eigenvalue weighted by molar-refractivity contribution is 5.18. The molecule has 1 aliphatic carbocycles. The summed E-state index contributed by atoms with van der Waals surface area (Å²) in [6.45, 7) is 4.99. The molecular weight excluding hydrogens is 264 g/mol. The van der Waals surface area contributed by atoms with Crippen molar-refractivity contribution in [3.05, 3.63) is 41.4 Å². The molecule has 1 saturated carbocycles. The lowest BCUT2D eigenvalue weighted by molar-refractivity contribution is 0.221. The number of aromatic nitrogens is 3. The molecule has 1 unspecified atom stereocenters. The van der Waals surface area contributed by atoms with E-state index in [0.717, 1.165) is 18.0 Å². The first-order chi connectivity index (χ1) is 10.1. The van der Waals surface area contributed by atoms with E-state index in [1.165, 1.54) is 18.4 Å². The zero-order valence-electron chi connectivity index (χ0n) is 12.9. The van der Waals surface area contributed by atoms with Crippen LogP contribution in [-0.2, 0) is 13.0 Å². The Morgan fingerprint density at radius 2 is 2.19 bits per heavy atom. The first-order valence-corrected chi connectivity index (χ1v) is 7.56. The monoisotopic (exact) mass is 286 g/mol. The number of rotatable bonds is 6. The van der Waals surface area contributed by atoms with Crippen molar-refractivity contribution in [2.24, 2.45) is 0 Å². The topological polar surface area (TPSA) is 55.1 Å². The molecule has 0 radical (unpaired) electrons. The average Bonchev–Trinajstić information content (AvgIpc) is 3.22. The minimum absolute atomic E-state index is 0.370. The molecule has 2 aromatic heterocycles. The molecule has 0 saturated heterocycles. The Morgan fingerprint density at radius 1 is 1.38 bits per heavy atom. The van der Waals surface area contributed by atoms with Crippen molar-refractivity contribution in [1.82, 2.24) is 20.1 Å². The number of hydrogen-bond acceptors (Lipinski definition) is 5. The summed E-state index contributed by atoms with van der Waals surface area (Å²) in [5.74, 6) is 2.04. The number of aryl methyl sites for hydroxylation is 1. The van der Waals surface area contributed by atoms with Crippen molar-refractivity contribution in [3.8, 4) is 0 Å². The van der Waals surface area contributed by atoms with Crippen LogP contribution in [0.2, 0.25) is 0 Å². The van der Waals surface area contributed by atoms with Crippen LogP contribution < -0.4 is 0 Å². The van der Waals surface area contributed by atoms with Crippen LogP contribution in [0.3, 0.4) is 0 Å². The molecule has 0 aromatic carbocycles. The maximum Gasteiger partial charge on any atom is 0.230 e. The van der Waals surface area contributed by atoms with Gasteiger partial charge in [0, 0.05) is 30.3 Å². The van der Waals surface area contributed by atoms with Crippen LogP contribution in [0.1, 0.15) is 48.7 Å². The van der Waals surface area contributed by atoms with Crippen LogP contribution in [0.25, 0.3) is 0 Å². The second kappa shape index (κ2) is 5.93. The lowest BCUT2D eigenvalue weighted by Gasteiger charge is -2.23. The van der Waals surface area contributed by atoms with Gasteiger partial charge in [0.2, 0.25) is 11.8 Å². The van der Waals surface area contributed by atoms with E-state index in [1.807, 2.05) is 12.3 Å². The molecule has 2 aromatic rings. The van der Waals surface area contributed by atoms with Gasteiger partial charge in [0.25, 0.3) is 0 Å². The Morgan fingerprint density at radius 3 is 2.90 bits per heavy atom. The molecule has 3 rings (SSSR count). The van der Waals surface area contributed by atoms with Gasteiger partial charge in [0.1, 0.15) is 0 Å². The third kappa shape index (κ3) is 3.47. The molecule has 1 fully saturated rings. The Bertz CT molecular complexity index is 606. The second-order valence-corrected chi connectivity index (χ2v) is 6.04. The minimum Gasteiger partial charge on any atom is -0.424 e. The van der Waals surface area contributed by atoms with Crippen molar-refractivity contribution >= 4 is 0 Å². The van der Waals surface area contributed by atoms with Gasteiger partial charge in [-0.3, -0.25) is 9.88 Å². The third-order valence-electron chi connectivity index (χ3n) is 4.15. The van der Waals surface area contributed by atoms with E-state index in [0.29, 0.717) is 24.4 Å². The van der Waals surface area contributed by atoms with E-state index >= 15 is 0 Å². The van der Waals surface area contributed by atoms with Gasteiger partial charge in [-0.25, -0.2) is 0 Å². The summed E-state index contributed by atoms with van der Waals surface area (Å²) in [5, 5.41) is 8.28. The maximum atomic E-state index is 5.72. The highest BCUT2D eigenvalue weighted by atomic mass is 16.4. The van der Waals surface area contributed by atoms with Gasteiger partial charge in [0.15, 0.2) is 0 Å². The zero-order valence-corrected chi connectivity index (χ0v) is 12.9. The summed E-state index contributed by atoms with van der Waals surface area (Å²) in [6.07, 6.45) is 5.15. The number of nitrogens with zero attached hydrogens (tertiary/aromatic N) is 4. The lowest BCUT2D eigenvalue weighted by Crippen LogP contribution is -2.31. The summed E-state index contributed by atoms with van der Waals surface area (Å²) in [7, 11) is 2.09. The van der Waals surface area contributed by atoms with Gasteiger partial charge in [-0.1, -0.05) is 6.07 Å². The molecule has 1 atom stereocenters. The summed E-state index contributed by atoms with van der Waals surface area (Å²) in [4.78, 5) is 6.70. The first-order valence-electron chi connectivity index (χ1n) is 7.56. The van der Waals surface area contributed by atoms with E-state index < -0.39 is 0 Å². The van der Waals surface area contributed by atoms with Crippen LogP contribution in [0, 0.1) is 6.92 Å². The Kier molecular flexibility index (Phi) is 4.01. The molecular formula is C16H22N4O. The molecule has 0 aliphatic heterocycles. The summed E-state index contributed by atoms with van der Waals surface area (Å²) >= 11 is 0. The molecule has 5 heteroatoms. The molecule has 2 heterocycles. The largest absolute Gasteiger partial charge is 0.424 e. The summed E-state index contributed by atoms with van der Waals surface area (Å²) in [6, 6.07) is 4.45. The molecule has 1 aliphatic rings. The van der Waals surface area contributed by atoms with Crippen molar-refractivity contribution in [2.75, 3.05) is 7.05 Å². The van der Waals surface area contributed by atoms with E-state index in [1.54, 1.807) is 0 Å². The van der Waals surface area contributed by atoms with Crippen molar-refractivity contribution < 1.29 is 4.42 Å². The second-order valence-electron chi connectivity index (χ2n) is 6.04. The summed E-state index contributed by atoms with van der Waals surface area (Å²) < 4.78 is 5.72. The van der Waals surface area contributed by atoms with Gasteiger partial charge in [-0.05, 0) is 45.4 Å².